The van der Waals surface area contributed by atoms with E-state index >= 15 is 0 Å². The molecule has 0 saturated carbocycles. The van der Waals surface area contributed by atoms with E-state index < -0.39 is 0 Å². The van der Waals surface area contributed by atoms with E-state index in [0.717, 1.165) is 12.6 Å². The van der Waals surface area contributed by atoms with Crippen LogP contribution in [0.3, 0.4) is 0 Å². The van der Waals surface area contributed by atoms with Crippen LogP contribution >= 0.6 is 0 Å². The molecular formula is C16H32N3+. The van der Waals surface area contributed by atoms with E-state index in [1.54, 1.807) is 0 Å². The summed E-state index contributed by atoms with van der Waals surface area (Å²) in [6.45, 7) is 9.56. The van der Waals surface area contributed by atoms with Crippen LogP contribution in [0.25, 0.3) is 0 Å². The second-order valence-electron chi connectivity index (χ2n) is 6.35. The maximum atomic E-state index is 4.92. The van der Waals surface area contributed by atoms with Gasteiger partial charge in [-0.25, -0.2) is 4.99 Å². The van der Waals surface area contributed by atoms with Crippen LogP contribution in [-0.4, -0.2) is 54.6 Å². The lowest BCUT2D eigenvalue weighted by Crippen LogP contribution is -2.68. The second-order valence-corrected chi connectivity index (χ2v) is 6.35. The van der Waals surface area contributed by atoms with Crippen molar-refractivity contribution in [1.29, 1.82) is 0 Å². The van der Waals surface area contributed by atoms with Crippen LogP contribution in [0.1, 0.15) is 58.8 Å². The zero-order valence-electron chi connectivity index (χ0n) is 13.2. The number of hydrogen-bond acceptors (Lipinski definition) is 2. The van der Waals surface area contributed by atoms with Gasteiger partial charge in [0.2, 0.25) is 0 Å². The smallest absolute Gasteiger partial charge is 0.300 e. The molecule has 0 aromatic rings. The van der Waals surface area contributed by atoms with Gasteiger partial charge in [-0.2, -0.15) is 0 Å². The Morgan fingerprint density at radius 2 is 2.11 bits per heavy atom. The summed E-state index contributed by atoms with van der Waals surface area (Å²) in [7, 11) is 2.25. The van der Waals surface area contributed by atoms with Crippen molar-refractivity contribution in [2.45, 2.75) is 64.8 Å². The first-order chi connectivity index (χ1) is 9.24. The Kier molecular flexibility index (Phi) is 5.26. The Morgan fingerprint density at radius 1 is 1.26 bits per heavy atom. The van der Waals surface area contributed by atoms with Gasteiger partial charge in [0.15, 0.2) is 0 Å². The highest BCUT2D eigenvalue weighted by Crippen LogP contribution is 2.31. The molecule has 2 aliphatic heterocycles. The Labute approximate surface area is 119 Å². The van der Waals surface area contributed by atoms with E-state index in [4.69, 9.17) is 4.99 Å². The summed E-state index contributed by atoms with van der Waals surface area (Å²) in [5.74, 6) is 1.40. The van der Waals surface area contributed by atoms with Crippen molar-refractivity contribution >= 4 is 5.96 Å². The fourth-order valence-corrected chi connectivity index (χ4v) is 4.07. The van der Waals surface area contributed by atoms with Crippen molar-refractivity contribution in [1.82, 2.24) is 4.90 Å². The molecule has 110 valence electrons. The fraction of sp³-hybridized carbons (Fsp3) is 0.938. The SMILES string of the molecule is CCCCCC[N+]12CCCN(C)C1=NCCC2CC. The number of aliphatic imine (C=N–C) groups is 1. The first-order valence-electron chi connectivity index (χ1n) is 8.37. The molecule has 0 spiro atoms. The molecule has 2 unspecified atom stereocenters. The second kappa shape index (κ2) is 6.74. The van der Waals surface area contributed by atoms with E-state index in [1.807, 2.05) is 0 Å². The van der Waals surface area contributed by atoms with Gasteiger partial charge < -0.3 is 4.90 Å². The monoisotopic (exact) mass is 266 g/mol. The Morgan fingerprint density at radius 3 is 2.84 bits per heavy atom. The number of rotatable bonds is 6. The van der Waals surface area contributed by atoms with Gasteiger partial charge in [0.1, 0.15) is 0 Å². The lowest BCUT2D eigenvalue weighted by molar-refractivity contribution is -0.879. The van der Waals surface area contributed by atoms with E-state index in [9.17, 15) is 0 Å². The number of fused-ring (bicyclic) bond motifs is 1. The van der Waals surface area contributed by atoms with Gasteiger partial charge in [0.05, 0.1) is 25.7 Å². The largest absolute Gasteiger partial charge is 0.314 e. The minimum atomic E-state index is 0.817. The van der Waals surface area contributed by atoms with Crippen LogP contribution in [0.4, 0.5) is 0 Å². The van der Waals surface area contributed by atoms with E-state index in [1.165, 1.54) is 75.0 Å². The van der Waals surface area contributed by atoms with Gasteiger partial charge in [0, 0.05) is 26.4 Å². The number of unbranched alkanes of at least 4 members (excludes halogenated alkanes) is 3. The van der Waals surface area contributed by atoms with E-state index in [-0.39, 0.29) is 0 Å². The van der Waals surface area contributed by atoms with Crippen molar-refractivity contribution in [3.05, 3.63) is 0 Å². The van der Waals surface area contributed by atoms with E-state index in [2.05, 4.69) is 25.8 Å². The standard InChI is InChI=1S/C16H32N3/c1-4-6-7-8-13-19-14-9-12-18(3)16(19)17-11-10-15(19)5-2/h15H,4-14H2,1-3H3/q+1. The van der Waals surface area contributed by atoms with Crippen LogP contribution in [0, 0.1) is 0 Å². The molecular weight excluding hydrogens is 234 g/mol. The molecule has 0 amide bonds. The summed E-state index contributed by atoms with van der Waals surface area (Å²) < 4.78 is 1.21. The molecule has 0 aromatic heterocycles. The maximum absolute atomic E-state index is 4.92. The third kappa shape index (κ3) is 2.96. The molecule has 2 heterocycles. The first kappa shape index (κ1) is 14.8. The van der Waals surface area contributed by atoms with Crippen LogP contribution in [0.2, 0.25) is 0 Å². The van der Waals surface area contributed by atoms with Gasteiger partial charge in [-0.05, 0) is 19.3 Å². The molecule has 1 saturated heterocycles. The van der Waals surface area contributed by atoms with Crippen molar-refractivity contribution in [3.63, 3.8) is 0 Å². The molecule has 19 heavy (non-hydrogen) atoms. The molecule has 0 N–H and O–H groups in total. The molecule has 2 rings (SSSR count). The molecule has 2 aliphatic rings. The molecule has 0 aliphatic carbocycles. The molecule has 2 atom stereocenters. The van der Waals surface area contributed by atoms with Gasteiger partial charge in [-0.3, -0.25) is 4.48 Å². The van der Waals surface area contributed by atoms with Crippen molar-refractivity contribution < 1.29 is 4.48 Å². The highest BCUT2D eigenvalue weighted by Gasteiger charge is 2.46. The average molecular weight is 266 g/mol. The van der Waals surface area contributed by atoms with Gasteiger partial charge in [-0.1, -0.05) is 26.7 Å². The molecule has 0 bridgehead atoms. The fourth-order valence-electron chi connectivity index (χ4n) is 4.07. The van der Waals surface area contributed by atoms with Crippen molar-refractivity contribution in [2.75, 3.05) is 33.2 Å². The van der Waals surface area contributed by atoms with Crippen LogP contribution in [-0.2, 0) is 0 Å². The van der Waals surface area contributed by atoms with Crippen LogP contribution in [0.5, 0.6) is 0 Å². The summed E-state index contributed by atoms with van der Waals surface area (Å²) >= 11 is 0. The van der Waals surface area contributed by atoms with Crippen molar-refractivity contribution in [3.8, 4) is 0 Å². The first-order valence-corrected chi connectivity index (χ1v) is 8.37. The summed E-state index contributed by atoms with van der Waals surface area (Å²) in [6, 6.07) is 0.817. The molecule has 0 aromatic carbocycles. The Bertz CT molecular complexity index is 313. The molecule has 3 heteroatoms. The quantitative estimate of drug-likeness (QED) is 0.532. The summed E-state index contributed by atoms with van der Waals surface area (Å²) in [5.41, 5.74) is 0. The normalized spacial score (nSPS) is 31.0. The lowest BCUT2D eigenvalue weighted by atomic mass is 10.00. The van der Waals surface area contributed by atoms with Crippen LogP contribution < -0.4 is 0 Å². The molecule has 0 radical (unpaired) electrons. The third-order valence-corrected chi connectivity index (χ3v) is 5.09. The Hall–Kier alpha value is -0.570. The summed E-state index contributed by atoms with van der Waals surface area (Å²) in [4.78, 5) is 7.35. The van der Waals surface area contributed by atoms with Gasteiger partial charge in [-0.15, -0.1) is 0 Å². The maximum Gasteiger partial charge on any atom is 0.300 e. The van der Waals surface area contributed by atoms with Crippen LogP contribution in [0.15, 0.2) is 4.99 Å². The zero-order valence-corrected chi connectivity index (χ0v) is 13.2. The summed E-state index contributed by atoms with van der Waals surface area (Å²) in [6.07, 6.45) is 9.42. The third-order valence-electron chi connectivity index (χ3n) is 5.09. The number of hydrogen-bond donors (Lipinski definition) is 0. The van der Waals surface area contributed by atoms with E-state index in [0.29, 0.717) is 0 Å². The lowest BCUT2D eigenvalue weighted by Gasteiger charge is -2.51. The Balaban J connectivity index is 2.12. The topological polar surface area (TPSA) is 15.6 Å². The highest BCUT2D eigenvalue weighted by atomic mass is 15.5. The minimum Gasteiger partial charge on any atom is -0.314 e. The van der Waals surface area contributed by atoms with Gasteiger partial charge in [0.25, 0.3) is 5.96 Å². The highest BCUT2D eigenvalue weighted by molar-refractivity contribution is 5.74. The average Bonchev–Trinajstić information content (AvgIpc) is 2.43. The zero-order chi connectivity index (χ0) is 13.7. The predicted molar refractivity (Wildman–Crippen MR) is 82.4 cm³/mol. The van der Waals surface area contributed by atoms with Gasteiger partial charge >= 0.3 is 0 Å². The number of quaternary nitrogens is 1. The predicted octanol–water partition coefficient (Wildman–Crippen LogP) is 3.26. The summed E-state index contributed by atoms with van der Waals surface area (Å²) in [5, 5.41) is 0. The number of guanidine groups is 1. The minimum absolute atomic E-state index is 0.817. The van der Waals surface area contributed by atoms with Crippen molar-refractivity contribution in [2.24, 2.45) is 4.99 Å². The molecule has 1 fully saturated rings. The molecule has 3 nitrogen and oxygen atoms in total. The number of nitrogens with zero attached hydrogens (tertiary/aromatic N) is 3.